The van der Waals surface area contributed by atoms with Crippen molar-refractivity contribution >= 4 is 5.95 Å². The van der Waals surface area contributed by atoms with Crippen molar-refractivity contribution in [2.75, 3.05) is 5.73 Å². The summed E-state index contributed by atoms with van der Waals surface area (Å²) in [6.07, 6.45) is 0. The van der Waals surface area contributed by atoms with E-state index >= 15 is 0 Å². The minimum Gasteiger partial charge on any atom is -0.427 e. The van der Waals surface area contributed by atoms with E-state index in [2.05, 4.69) is 9.97 Å². The van der Waals surface area contributed by atoms with Gasteiger partial charge in [-0.1, -0.05) is 60.7 Å². The van der Waals surface area contributed by atoms with Crippen LogP contribution in [0.2, 0.25) is 0 Å². The number of aromatic nitrogens is 2. The molecule has 0 bridgehead atoms. The molecule has 0 aliphatic carbocycles. The predicted molar refractivity (Wildman–Crippen MR) is 91.2 cm³/mol. The average molecular weight is 316 g/mol. The third kappa shape index (κ3) is 2.42. The molecule has 5 heteroatoms. The van der Waals surface area contributed by atoms with Gasteiger partial charge in [0, 0.05) is 11.1 Å². The van der Waals surface area contributed by atoms with Crippen LogP contribution in [0.15, 0.2) is 75.9 Å². The highest BCUT2D eigenvalue weighted by Crippen LogP contribution is 2.34. The van der Waals surface area contributed by atoms with E-state index in [4.69, 9.17) is 10.2 Å². The van der Waals surface area contributed by atoms with Crippen LogP contribution in [0.25, 0.3) is 33.9 Å². The minimum absolute atomic E-state index is 0.0282. The van der Waals surface area contributed by atoms with Crippen LogP contribution in [0, 0.1) is 0 Å². The maximum Gasteiger partial charge on any atom is 0.393 e. The Morgan fingerprint density at radius 1 is 0.917 bits per heavy atom. The summed E-state index contributed by atoms with van der Waals surface area (Å²) in [6.45, 7) is 0. The van der Waals surface area contributed by atoms with Crippen molar-refractivity contribution in [1.29, 1.82) is 0 Å². The van der Waals surface area contributed by atoms with Gasteiger partial charge in [-0.05, 0) is 16.6 Å². The van der Waals surface area contributed by atoms with Crippen LogP contribution >= 0.6 is 0 Å². The van der Waals surface area contributed by atoms with Crippen molar-refractivity contribution in [3.63, 3.8) is 0 Å². The third-order valence-electron chi connectivity index (χ3n) is 3.80. The van der Waals surface area contributed by atoms with Gasteiger partial charge in [0.05, 0.1) is 0 Å². The molecule has 0 atom stereocenters. The number of rotatable bonds is 2. The van der Waals surface area contributed by atoms with Gasteiger partial charge in [-0.3, -0.25) is 5.73 Å². The molecular formula is C19H14N3O2+. The van der Waals surface area contributed by atoms with Gasteiger partial charge in [0.1, 0.15) is 11.3 Å². The number of hydrogen-bond donors (Lipinski definition) is 1. The van der Waals surface area contributed by atoms with Gasteiger partial charge in [0.2, 0.25) is 0 Å². The fourth-order valence-electron chi connectivity index (χ4n) is 2.72. The van der Waals surface area contributed by atoms with Gasteiger partial charge in [-0.25, -0.2) is 9.78 Å². The van der Waals surface area contributed by atoms with Crippen LogP contribution in [0.3, 0.4) is 0 Å². The van der Waals surface area contributed by atoms with Gasteiger partial charge in [0.25, 0.3) is 5.89 Å². The second-order valence-corrected chi connectivity index (χ2v) is 5.39. The number of nitrogens with one attached hydrogen (secondary N) is 1. The monoisotopic (exact) mass is 316 g/mol. The summed E-state index contributed by atoms with van der Waals surface area (Å²) >= 11 is 0. The molecule has 0 fully saturated rings. The van der Waals surface area contributed by atoms with Crippen LogP contribution in [-0.2, 0) is 0 Å². The van der Waals surface area contributed by atoms with E-state index in [0.717, 1.165) is 16.7 Å². The number of hydrogen-bond acceptors (Lipinski definition) is 4. The molecule has 2 heterocycles. The normalized spacial score (nSPS) is 10.8. The maximum absolute atomic E-state index is 12.4. The highest BCUT2D eigenvalue weighted by atomic mass is 16.3. The molecule has 0 saturated heterocycles. The van der Waals surface area contributed by atoms with Crippen LogP contribution in [0.5, 0.6) is 0 Å². The summed E-state index contributed by atoms with van der Waals surface area (Å²) in [5, 5.41) is 0. The first kappa shape index (κ1) is 14.1. The van der Waals surface area contributed by atoms with E-state index in [0.29, 0.717) is 17.2 Å². The summed E-state index contributed by atoms with van der Waals surface area (Å²) in [7, 11) is 0. The first-order valence-electron chi connectivity index (χ1n) is 7.50. The Kier molecular flexibility index (Phi) is 3.31. The molecule has 0 amide bonds. The Morgan fingerprint density at radius 3 is 2.21 bits per heavy atom. The number of benzene rings is 2. The molecule has 2 aliphatic rings. The summed E-state index contributed by atoms with van der Waals surface area (Å²) in [5.41, 5.74) is 8.22. The van der Waals surface area contributed by atoms with Gasteiger partial charge in [-0.15, -0.1) is 0 Å². The zero-order valence-corrected chi connectivity index (χ0v) is 12.7. The lowest BCUT2D eigenvalue weighted by atomic mass is 9.99. The number of H-pyrrole nitrogens is 1. The van der Waals surface area contributed by atoms with Gasteiger partial charge in [-0.2, -0.15) is 0 Å². The Bertz CT molecular complexity index is 1030. The fraction of sp³-hybridized carbons (Fsp3) is 0. The average Bonchev–Trinajstić information content (AvgIpc) is 2.62. The van der Waals surface area contributed by atoms with Crippen LogP contribution in [-0.4, -0.2) is 4.98 Å². The molecule has 3 N–H and O–H groups in total. The van der Waals surface area contributed by atoms with Crippen molar-refractivity contribution < 1.29 is 9.40 Å². The summed E-state index contributed by atoms with van der Waals surface area (Å²) in [5.74, 6) is 0.983. The first-order valence-corrected chi connectivity index (χ1v) is 7.50. The topological polar surface area (TPSA) is 83.3 Å². The molecule has 0 spiro atoms. The summed E-state index contributed by atoms with van der Waals surface area (Å²) < 4.78 is 5.90. The second kappa shape index (κ2) is 5.62. The lowest BCUT2D eigenvalue weighted by Crippen LogP contribution is -2.26. The number of nitrogens with two attached hydrogens (primary N) is 1. The molecular weight excluding hydrogens is 302 g/mol. The van der Waals surface area contributed by atoms with E-state index in [1.54, 1.807) is 0 Å². The van der Waals surface area contributed by atoms with Crippen molar-refractivity contribution in [3.05, 3.63) is 77.1 Å². The van der Waals surface area contributed by atoms with Crippen LogP contribution in [0.4, 0.5) is 5.95 Å². The second-order valence-electron chi connectivity index (χ2n) is 5.39. The highest BCUT2D eigenvalue weighted by Gasteiger charge is 2.24. The van der Waals surface area contributed by atoms with E-state index in [1.165, 1.54) is 0 Å². The molecule has 5 nitrogen and oxygen atoms in total. The molecule has 4 rings (SSSR count). The number of nitrogens with zero attached hydrogens (tertiary/aromatic N) is 1. The molecule has 0 unspecified atom stereocenters. The Morgan fingerprint density at radius 2 is 1.54 bits per heavy atom. The van der Waals surface area contributed by atoms with Crippen molar-refractivity contribution in [1.82, 2.24) is 4.98 Å². The molecule has 0 saturated carbocycles. The standard InChI is InChI=1S/C19H13N3O2/c20-19-21-17(23)16-14(12-7-3-1-4-8-12)11-15(24-18(16)22-19)13-9-5-2-6-10-13/h1-11H,(H2,20,21,23)/p+1. The highest BCUT2D eigenvalue weighted by molar-refractivity contribution is 5.82. The minimum atomic E-state index is -0.413. The smallest absolute Gasteiger partial charge is 0.393 e. The molecule has 2 aromatic carbocycles. The quantitative estimate of drug-likeness (QED) is 0.616. The van der Waals surface area contributed by atoms with E-state index in [1.807, 2.05) is 66.7 Å². The predicted octanol–water partition coefficient (Wildman–Crippen LogP) is 2.87. The van der Waals surface area contributed by atoms with Crippen molar-refractivity contribution in [3.8, 4) is 33.9 Å². The van der Waals surface area contributed by atoms with Crippen LogP contribution in [0.1, 0.15) is 0 Å². The van der Waals surface area contributed by atoms with Gasteiger partial charge in [0.15, 0.2) is 0 Å². The fourth-order valence-corrected chi connectivity index (χ4v) is 2.72. The number of anilines is 1. The van der Waals surface area contributed by atoms with E-state index in [9.17, 15) is 4.79 Å². The lowest BCUT2D eigenvalue weighted by molar-refractivity contribution is -0.366. The zero-order chi connectivity index (χ0) is 16.5. The Balaban J connectivity index is 2.08. The summed E-state index contributed by atoms with van der Waals surface area (Å²) in [4.78, 5) is 19.0. The van der Waals surface area contributed by atoms with Crippen molar-refractivity contribution in [2.45, 2.75) is 0 Å². The molecule has 116 valence electrons. The third-order valence-corrected chi connectivity index (χ3v) is 3.80. The Hall–Kier alpha value is -3.47. The number of fused-ring (bicyclic) bond motifs is 1. The maximum atomic E-state index is 12.4. The summed E-state index contributed by atoms with van der Waals surface area (Å²) in [6, 6.07) is 21.2. The molecule has 2 aromatic rings. The Labute approximate surface area is 137 Å². The zero-order valence-electron chi connectivity index (χ0n) is 12.7. The molecule has 2 aliphatic heterocycles. The number of aromatic amines is 1. The first-order chi connectivity index (χ1) is 11.7. The molecule has 24 heavy (non-hydrogen) atoms. The largest absolute Gasteiger partial charge is 0.427 e. The lowest BCUT2D eigenvalue weighted by Gasteiger charge is -2.11. The van der Waals surface area contributed by atoms with E-state index < -0.39 is 5.56 Å². The SMILES string of the molecule is Nc1nc(=O)c2c(-c3ccccc3)cc(-c3ccccc3)oc-2[nH+]1. The van der Waals surface area contributed by atoms with Crippen molar-refractivity contribution in [2.24, 2.45) is 0 Å². The molecule has 0 aromatic heterocycles. The van der Waals surface area contributed by atoms with Gasteiger partial charge >= 0.3 is 11.5 Å². The molecule has 0 radical (unpaired) electrons. The van der Waals surface area contributed by atoms with Gasteiger partial charge < -0.3 is 4.42 Å². The van der Waals surface area contributed by atoms with E-state index in [-0.39, 0.29) is 5.95 Å². The van der Waals surface area contributed by atoms with Crippen LogP contribution < -0.4 is 16.3 Å². The number of nitrogen functional groups attached to an aromatic ring is 1.